The van der Waals surface area contributed by atoms with Crippen molar-refractivity contribution < 1.29 is 14.3 Å². The van der Waals surface area contributed by atoms with Crippen molar-refractivity contribution in [3.63, 3.8) is 0 Å². The highest BCUT2D eigenvalue weighted by Gasteiger charge is 2.09. The van der Waals surface area contributed by atoms with Gasteiger partial charge in [-0.1, -0.05) is 12.1 Å². The first-order valence-corrected chi connectivity index (χ1v) is 6.07. The van der Waals surface area contributed by atoms with Crippen molar-refractivity contribution in [3.05, 3.63) is 51.2 Å². The summed E-state index contributed by atoms with van der Waals surface area (Å²) in [4.78, 5) is 14.9. The average Bonchev–Trinajstić information content (AvgIpc) is 2.72. The van der Waals surface area contributed by atoms with Crippen LogP contribution >= 0.6 is 11.3 Å². The van der Waals surface area contributed by atoms with Gasteiger partial charge in [-0.05, 0) is 30.7 Å². The Bertz CT molecular complexity index is 619. The van der Waals surface area contributed by atoms with Crippen LogP contribution in [-0.4, -0.2) is 16.1 Å². The van der Waals surface area contributed by atoms with Gasteiger partial charge in [-0.2, -0.15) is 0 Å². The molecular formula is C13H10FNO2S. The number of thiazole rings is 1. The highest BCUT2D eigenvalue weighted by molar-refractivity contribution is 7.09. The smallest absolute Gasteiger partial charge is 0.338 e. The van der Waals surface area contributed by atoms with Crippen LogP contribution < -0.4 is 0 Å². The van der Waals surface area contributed by atoms with Crippen molar-refractivity contribution in [2.45, 2.75) is 6.92 Å². The molecule has 3 nitrogen and oxygen atoms in total. The number of benzene rings is 1. The maximum Gasteiger partial charge on any atom is 0.338 e. The van der Waals surface area contributed by atoms with Gasteiger partial charge in [0.05, 0.1) is 16.3 Å². The fraction of sp³-hybridized carbons (Fsp3) is 0.0769. The van der Waals surface area contributed by atoms with Gasteiger partial charge in [-0.15, -0.1) is 11.3 Å². The zero-order valence-corrected chi connectivity index (χ0v) is 10.4. The third-order valence-electron chi connectivity index (χ3n) is 2.31. The highest BCUT2D eigenvalue weighted by Crippen LogP contribution is 2.15. The van der Waals surface area contributed by atoms with Gasteiger partial charge in [0.25, 0.3) is 0 Å². The van der Waals surface area contributed by atoms with Crippen molar-refractivity contribution in [1.29, 1.82) is 0 Å². The van der Waals surface area contributed by atoms with E-state index in [1.807, 2.05) is 12.3 Å². The summed E-state index contributed by atoms with van der Waals surface area (Å²) in [6.07, 6.45) is 3.46. The molecule has 0 radical (unpaired) electrons. The molecule has 0 saturated heterocycles. The summed E-state index contributed by atoms with van der Waals surface area (Å²) in [7, 11) is 0. The Hall–Kier alpha value is -2.01. The van der Waals surface area contributed by atoms with Gasteiger partial charge in [0, 0.05) is 5.38 Å². The number of hydrogen-bond donors (Lipinski definition) is 1. The molecule has 0 amide bonds. The maximum absolute atomic E-state index is 13.4. The van der Waals surface area contributed by atoms with Crippen LogP contribution in [0, 0.1) is 12.7 Å². The summed E-state index contributed by atoms with van der Waals surface area (Å²) >= 11 is 1.53. The van der Waals surface area contributed by atoms with Gasteiger partial charge in [-0.25, -0.2) is 14.2 Å². The van der Waals surface area contributed by atoms with Crippen LogP contribution in [0.2, 0.25) is 0 Å². The third kappa shape index (κ3) is 2.81. The van der Waals surface area contributed by atoms with Crippen LogP contribution in [0.1, 0.15) is 26.6 Å². The molecule has 92 valence electrons. The molecule has 0 unspecified atom stereocenters. The largest absolute Gasteiger partial charge is 0.478 e. The molecule has 5 heteroatoms. The lowest BCUT2D eigenvalue weighted by Gasteiger charge is -1.98. The van der Waals surface area contributed by atoms with Crippen molar-refractivity contribution >= 4 is 29.5 Å². The lowest BCUT2D eigenvalue weighted by atomic mass is 10.1. The highest BCUT2D eigenvalue weighted by atomic mass is 32.1. The summed E-state index contributed by atoms with van der Waals surface area (Å²) < 4.78 is 13.4. The van der Waals surface area contributed by atoms with Crippen molar-refractivity contribution in [2.75, 3.05) is 0 Å². The first-order chi connectivity index (χ1) is 8.56. The molecular weight excluding hydrogens is 253 g/mol. The minimum Gasteiger partial charge on any atom is -0.478 e. The SMILES string of the molecule is Cc1nc(/C=C/c2ccc(C(=O)O)c(F)c2)cs1. The zero-order valence-electron chi connectivity index (χ0n) is 9.55. The summed E-state index contributed by atoms with van der Waals surface area (Å²) in [5.41, 5.74) is 1.08. The molecule has 0 bridgehead atoms. The molecule has 1 heterocycles. The summed E-state index contributed by atoms with van der Waals surface area (Å²) in [6, 6.07) is 4.01. The summed E-state index contributed by atoms with van der Waals surface area (Å²) in [5.74, 6) is -2.00. The normalized spacial score (nSPS) is 11.0. The lowest BCUT2D eigenvalue weighted by Crippen LogP contribution is -1.99. The van der Waals surface area contributed by atoms with E-state index in [0.717, 1.165) is 10.7 Å². The molecule has 0 saturated carbocycles. The number of hydrogen-bond acceptors (Lipinski definition) is 3. The van der Waals surface area contributed by atoms with Crippen LogP contribution in [0.3, 0.4) is 0 Å². The van der Waals surface area contributed by atoms with Gasteiger partial charge in [0.2, 0.25) is 0 Å². The Morgan fingerprint density at radius 2 is 2.22 bits per heavy atom. The van der Waals surface area contributed by atoms with Crippen molar-refractivity contribution in [3.8, 4) is 0 Å². The third-order valence-corrected chi connectivity index (χ3v) is 3.10. The van der Waals surface area contributed by atoms with Crippen LogP contribution in [0.15, 0.2) is 23.6 Å². The summed E-state index contributed by atoms with van der Waals surface area (Å²) in [6.45, 7) is 1.91. The minimum absolute atomic E-state index is 0.323. The molecule has 1 aromatic heterocycles. The lowest BCUT2D eigenvalue weighted by molar-refractivity contribution is 0.0692. The maximum atomic E-state index is 13.4. The molecule has 18 heavy (non-hydrogen) atoms. The minimum atomic E-state index is -1.27. The number of aromatic carboxylic acids is 1. The Labute approximate surface area is 107 Å². The number of nitrogens with zero attached hydrogens (tertiary/aromatic N) is 1. The number of halogens is 1. The molecule has 1 aromatic carbocycles. The summed E-state index contributed by atoms with van der Waals surface area (Å²) in [5, 5.41) is 11.6. The second-order valence-corrected chi connectivity index (χ2v) is 4.73. The van der Waals surface area contributed by atoms with E-state index in [0.29, 0.717) is 5.56 Å². The van der Waals surface area contributed by atoms with E-state index in [9.17, 15) is 9.18 Å². The number of rotatable bonds is 3. The Kier molecular flexibility index (Phi) is 3.53. The molecule has 0 aliphatic carbocycles. The predicted molar refractivity (Wildman–Crippen MR) is 69.1 cm³/mol. The zero-order chi connectivity index (χ0) is 13.1. The molecule has 0 atom stereocenters. The fourth-order valence-electron chi connectivity index (χ4n) is 1.45. The number of aromatic nitrogens is 1. The molecule has 2 rings (SSSR count). The van der Waals surface area contributed by atoms with E-state index in [-0.39, 0.29) is 5.56 Å². The number of carboxylic acid groups (broad SMARTS) is 1. The van der Waals surface area contributed by atoms with E-state index in [4.69, 9.17) is 5.11 Å². The Morgan fingerprint density at radius 1 is 1.44 bits per heavy atom. The van der Waals surface area contributed by atoms with Gasteiger partial charge in [0.1, 0.15) is 5.82 Å². The number of aryl methyl sites for hydroxylation is 1. The standard InChI is InChI=1S/C13H10FNO2S/c1-8-15-10(7-18-8)4-2-9-3-5-11(13(16)17)12(14)6-9/h2-7H,1H3,(H,16,17)/b4-2+. The quantitative estimate of drug-likeness (QED) is 0.922. The second-order valence-electron chi connectivity index (χ2n) is 3.67. The van der Waals surface area contributed by atoms with Gasteiger partial charge in [-0.3, -0.25) is 0 Å². The molecule has 0 spiro atoms. The van der Waals surface area contributed by atoms with E-state index in [2.05, 4.69) is 4.98 Å². The van der Waals surface area contributed by atoms with Gasteiger partial charge < -0.3 is 5.11 Å². The van der Waals surface area contributed by atoms with E-state index in [1.165, 1.54) is 23.5 Å². The molecule has 0 aliphatic heterocycles. The number of carboxylic acids is 1. The van der Waals surface area contributed by atoms with E-state index < -0.39 is 11.8 Å². The predicted octanol–water partition coefficient (Wildman–Crippen LogP) is 3.46. The van der Waals surface area contributed by atoms with Gasteiger partial charge >= 0.3 is 5.97 Å². The molecule has 0 aliphatic rings. The van der Waals surface area contributed by atoms with Crippen molar-refractivity contribution in [2.24, 2.45) is 0 Å². The number of carbonyl (C=O) groups is 1. The second kappa shape index (κ2) is 5.10. The van der Waals surface area contributed by atoms with E-state index in [1.54, 1.807) is 18.2 Å². The first kappa shape index (κ1) is 12.4. The molecule has 2 aromatic rings. The van der Waals surface area contributed by atoms with E-state index >= 15 is 0 Å². The Balaban J connectivity index is 2.22. The van der Waals surface area contributed by atoms with Crippen molar-refractivity contribution in [1.82, 2.24) is 4.98 Å². The fourth-order valence-corrected chi connectivity index (χ4v) is 2.03. The average molecular weight is 263 g/mol. The Morgan fingerprint density at radius 3 is 2.78 bits per heavy atom. The topological polar surface area (TPSA) is 50.2 Å². The van der Waals surface area contributed by atoms with Crippen LogP contribution in [0.4, 0.5) is 4.39 Å². The first-order valence-electron chi connectivity index (χ1n) is 5.19. The molecule has 0 fully saturated rings. The van der Waals surface area contributed by atoms with Crippen LogP contribution in [-0.2, 0) is 0 Å². The van der Waals surface area contributed by atoms with Crippen LogP contribution in [0.25, 0.3) is 12.2 Å². The molecule has 1 N–H and O–H groups in total. The van der Waals surface area contributed by atoms with Crippen LogP contribution in [0.5, 0.6) is 0 Å². The monoisotopic (exact) mass is 263 g/mol. The van der Waals surface area contributed by atoms with Gasteiger partial charge in [0.15, 0.2) is 0 Å².